The van der Waals surface area contributed by atoms with Crippen molar-refractivity contribution in [3.63, 3.8) is 0 Å². The summed E-state index contributed by atoms with van der Waals surface area (Å²) in [6.07, 6.45) is 2.68. The lowest BCUT2D eigenvalue weighted by atomic mass is 9.97. The quantitative estimate of drug-likeness (QED) is 0.898. The van der Waals surface area contributed by atoms with Crippen LogP contribution in [-0.4, -0.2) is 12.0 Å². The van der Waals surface area contributed by atoms with Crippen LogP contribution in [0, 0.1) is 6.92 Å². The van der Waals surface area contributed by atoms with Crippen molar-refractivity contribution in [3.8, 4) is 0 Å². The molecule has 0 spiro atoms. The summed E-state index contributed by atoms with van der Waals surface area (Å²) in [5.74, 6) is 0. The Balaban J connectivity index is 2.22. The van der Waals surface area contributed by atoms with Crippen LogP contribution in [0.25, 0.3) is 0 Å². The van der Waals surface area contributed by atoms with Gasteiger partial charge in [-0.25, -0.2) is 0 Å². The first-order chi connectivity index (χ1) is 9.10. The first-order valence-corrected chi connectivity index (χ1v) is 7.31. The molecule has 1 N–H and O–H groups in total. The summed E-state index contributed by atoms with van der Waals surface area (Å²) < 4.78 is 1.000. The fourth-order valence-electron chi connectivity index (χ4n) is 2.13. The van der Waals surface area contributed by atoms with Crippen molar-refractivity contribution in [1.82, 2.24) is 10.3 Å². The number of pyridine rings is 1. The molecule has 1 aromatic heterocycles. The lowest BCUT2D eigenvalue weighted by molar-refractivity contribution is 0.581. The van der Waals surface area contributed by atoms with Crippen molar-refractivity contribution in [2.24, 2.45) is 0 Å². The molecule has 100 valence electrons. The molecule has 0 amide bonds. The fraction of sp³-hybridized carbons (Fsp3) is 0.267. The van der Waals surface area contributed by atoms with Gasteiger partial charge in [0.05, 0.1) is 0 Å². The van der Waals surface area contributed by atoms with E-state index in [4.69, 9.17) is 11.6 Å². The highest BCUT2D eigenvalue weighted by atomic mass is 79.9. The second-order valence-corrected chi connectivity index (χ2v) is 5.87. The molecule has 19 heavy (non-hydrogen) atoms. The molecule has 2 nitrogen and oxygen atoms in total. The highest BCUT2D eigenvalue weighted by Gasteiger charge is 2.13. The van der Waals surface area contributed by atoms with E-state index in [1.807, 2.05) is 37.5 Å². The van der Waals surface area contributed by atoms with Gasteiger partial charge in [-0.3, -0.25) is 4.98 Å². The summed E-state index contributed by atoms with van der Waals surface area (Å²) in [4.78, 5) is 4.43. The summed E-state index contributed by atoms with van der Waals surface area (Å²) in [7, 11) is 1.97. The average Bonchev–Trinajstić information content (AvgIpc) is 2.39. The summed E-state index contributed by atoms with van der Waals surface area (Å²) in [6.45, 7) is 2.08. The molecule has 2 aromatic rings. The van der Waals surface area contributed by atoms with Crippen LogP contribution in [0.3, 0.4) is 0 Å². The minimum atomic E-state index is 0.242. The highest BCUT2D eigenvalue weighted by molar-refractivity contribution is 9.10. The molecule has 1 heterocycles. The van der Waals surface area contributed by atoms with Crippen LogP contribution < -0.4 is 5.32 Å². The molecule has 1 atom stereocenters. The molecule has 0 aliphatic heterocycles. The Bertz CT molecular complexity index is 555. The molecular formula is C15H16BrClN2. The summed E-state index contributed by atoms with van der Waals surface area (Å²) in [5, 5.41) is 4.12. The first-order valence-electron chi connectivity index (χ1n) is 6.14. The molecule has 0 bridgehead atoms. The molecule has 0 saturated heterocycles. The Morgan fingerprint density at radius 1 is 1.32 bits per heavy atom. The zero-order valence-electron chi connectivity index (χ0n) is 11.0. The van der Waals surface area contributed by atoms with Gasteiger partial charge >= 0.3 is 0 Å². The number of nitrogens with one attached hydrogen (secondary N) is 1. The van der Waals surface area contributed by atoms with Gasteiger partial charge in [0.15, 0.2) is 0 Å². The van der Waals surface area contributed by atoms with Crippen molar-refractivity contribution in [2.75, 3.05) is 7.05 Å². The number of rotatable bonds is 4. The molecule has 2 rings (SSSR count). The van der Waals surface area contributed by atoms with Gasteiger partial charge in [0.1, 0.15) is 0 Å². The number of halogens is 2. The van der Waals surface area contributed by atoms with Gasteiger partial charge < -0.3 is 5.32 Å². The van der Waals surface area contributed by atoms with Crippen molar-refractivity contribution in [2.45, 2.75) is 19.4 Å². The van der Waals surface area contributed by atoms with Gasteiger partial charge in [-0.1, -0.05) is 17.7 Å². The third kappa shape index (κ3) is 3.78. The van der Waals surface area contributed by atoms with E-state index >= 15 is 0 Å². The van der Waals surface area contributed by atoms with E-state index < -0.39 is 0 Å². The van der Waals surface area contributed by atoms with E-state index in [9.17, 15) is 0 Å². The second-order valence-electron chi connectivity index (χ2n) is 4.51. The standard InChI is InChI=1S/C15H16BrClN2/c1-10-7-12(17)4-6-14(10)15(18-2)8-13-5-3-11(16)9-19-13/h3-7,9,15,18H,8H2,1-2H3. The number of aryl methyl sites for hydroxylation is 1. The number of nitrogens with zero attached hydrogens (tertiary/aromatic N) is 1. The molecular weight excluding hydrogens is 324 g/mol. The molecule has 0 radical (unpaired) electrons. The van der Waals surface area contributed by atoms with Crippen LogP contribution in [0.1, 0.15) is 22.9 Å². The molecule has 1 aromatic carbocycles. The number of hydrogen-bond acceptors (Lipinski definition) is 2. The molecule has 0 aliphatic carbocycles. The van der Waals surface area contributed by atoms with Gasteiger partial charge in [-0.2, -0.15) is 0 Å². The van der Waals surface area contributed by atoms with Crippen molar-refractivity contribution in [1.29, 1.82) is 0 Å². The van der Waals surface area contributed by atoms with Crippen LogP contribution in [0.4, 0.5) is 0 Å². The summed E-state index contributed by atoms with van der Waals surface area (Å²) in [5.41, 5.74) is 3.53. The molecule has 1 unspecified atom stereocenters. The second kappa shape index (κ2) is 6.51. The van der Waals surface area contributed by atoms with Gasteiger partial charge in [0, 0.05) is 33.8 Å². The predicted octanol–water partition coefficient (Wildman–Crippen LogP) is 4.31. The minimum absolute atomic E-state index is 0.242. The van der Waals surface area contributed by atoms with Crippen LogP contribution in [0.15, 0.2) is 41.0 Å². The van der Waals surface area contributed by atoms with Gasteiger partial charge in [0.25, 0.3) is 0 Å². The van der Waals surface area contributed by atoms with E-state index in [-0.39, 0.29) is 6.04 Å². The smallest absolute Gasteiger partial charge is 0.0423 e. The third-order valence-electron chi connectivity index (χ3n) is 3.16. The van der Waals surface area contributed by atoms with Crippen molar-refractivity contribution >= 4 is 27.5 Å². The number of hydrogen-bond donors (Lipinski definition) is 1. The highest BCUT2D eigenvalue weighted by Crippen LogP contribution is 2.24. The van der Waals surface area contributed by atoms with Crippen molar-refractivity contribution in [3.05, 3.63) is 62.8 Å². The van der Waals surface area contributed by atoms with Gasteiger partial charge in [-0.15, -0.1) is 0 Å². The fourth-order valence-corrected chi connectivity index (χ4v) is 2.60. The van der Waals surface area contributed by atoms with E-state index in [0.717, 1.165) is 21.6 Å². The monoisotopic (exact) mass is 338 g/mol. The van der Waals surface area contributed by atoms with Crippen molar-refractivity contribution < 1.29 is 0 Å². The van der Waals surface area contributed by atoms with E-state index in [1.165, 1.54) is 11.1 Å². The maximum absolute atomic E-state index is 6.00. The maximum Gasteiger partial charge on any atom is 0.0423 e. The molecule has 0 saturated carbocycles. The maximum atomic E-state index is 6.00. The SMILES string of the molecule is CNC(Cc1ccc(Br)cn1)c1ccc(Cl)cc1C. The largest absolute Gasteiger partial charge is 0.313 e. The summed E-state index contributed by atoms with van der Waals surface area (Å²) >= 11 is 9.40. The minimum Gasteiger partial charge on any atom is -0.313 e. The van der Waals surface area contributed by atoms with Crippen LogP contribution in [-0.2, 0) is 6.42 Å². The molecule has 0 fully saturated rings. The van der Waals surface area contributed by atoms with E-state index in [2.05, 4.69) is 39.2 Å². The first kappa shape index (κ1) is 14.5. The Hall–Kier alpha value is -0.900. The van der Waals surface area contributed by atoms with E-state index in [0.29, 0.717) is 0 Å². The lowest BCUT2D eigenvalue weighted by Gasteiger charge is -2.18. The van der Waals surface area contributed by atoms with Crippen LogP contribution in [0.2, 0.25) is 5.02 Å². The zero-order valence-corrected chi connectivity index (χ0v) is 13.3. The number of likely N-dealkylation sites (N-methyl/N-ethyl adjacent to an activating group) is 1. The van der Waals surface area contributed by atoms with Gasteiger partial charge in [0.2, 0.25) is 0 Å². The Morgan fingerprint density at radius 2 is 2.11 bits per heavy atom. The topological polar surface area (TPSA) is 24.9 Å². The molecule has 0 aliphatic rings. The Labute approximate surface area is 127 Å². The van der Waals surface area contributed by atoms with E-state index in [1.54, 1.807) is 0 Å². The van der Waals surface area contributed by atoms with Crippen LogP contribution >= 0.6 is 27.5 Å². The average molecular weight is 340 g/mol. The lowest BCUT2D eigenvalue weighted by Crippen LogP contribution is -2.20. The Morgan fingerprint density at radius 3 is 2.68 bits per heavy atom. The number of aromatic nitrogens is 1. The predicted molar refractivity (Wildman–Crippen MR) is 83.6 cm³/mol. The Kier molecular flexibility index (Phi) is 4.97. The third-order valence-corrected chi connectivity index (χ3v) is 3.86. The normalized spacial score (nSPS) is 12.4. The van der Waals surface area contributed by atoms with Gasteiger partial charge in [-0.05, 0) is 65.3 Å². The summed E-state index contributed by atoms with van der Waals surface area (Å²) in [6, 6.07) is 10.3. The zero-order chi connectivity index (χ0) is 13.8. The number of benzene rings is 1. The van der Waals surface area contributed by atoms with Crippen LogP contribution in [0.5, 0.6) is 0 Å². The molecule has 4 heteroatoms.